The molecule has 0 radical (unpaired) electrons. The van der Waals surface area contributed by atoms with Crippen molar-refractivity contribution in [2.75, 3.05) is 6.61 Å². The molecule has 0 saturated heterocycles. The first-order valence-corrected chi connectivity index (χ1v) is 5.00. The van der Waals surface area contributed by atoms with Gasteiger partial charge in [0.05, 0.1) is 6.42 Å². The lowest BCUT2D eigenvalue weighted by molar-refractivity contribution is -0.136. The van der Waals surface area contributed by atoms with E-state index in [0.29, 0.717) is 11.3 Å². The summed E-state index contributed by atoms with van der Waals surface area (Å²) >= 11 is 0. The largest absolute Gasteiger partial charge is 0.484 e. The lowest BCUT2D eigenvalue weighted by Gasteiger charge is -2.06. The minimum atomic E-state index is -0.960. The Labute approximate surface area is 103 Å². The van der Waals surface area contributed by atoms with Crippen LogP contribution in [0.2, 0.25) is 0 Å². The number of carboxylic acids is 1. The van der Waals surface area contributed by atoms with Crippen molar-refractivity contribution in [1.29, 1.82) is 0 Å². The van der Waals surface area contributed by atoms with E-state index in [1.54, 1.807) is 18.2 Å². The van der Waals surface area contributed by atoms with Gasteiger partial charge in [0.15, 0.2) is 6.61 Å². The smallest absolute Gasteiger partial charge is 0.318 e. The summed E-state index contributed by atoms with van der Waals surface area (Å²) in [5.74, 6) is -1.29. The number of carbonyl (C=O) groups is 3. The maximum Gasteiger partial charge on any atom is 0.318 e. The summed E-state index contributed by atoms with van der Waals surface area (Å²) in [6.45, 7) is -0.376. The lowest BCUT2D eigenvalue weighted by Crippen LogP contribution is -2.38. The third-order valence-corrected chi connectivity index (χ3v) is 1.89. The molecule has 0 aliphatic heterocycles. The van der Waals surface area contributed by atoms with Crippen molar-refractivity contribution in [3.05, 3.63) is 29.8 Å². The van der Waals surface area contributed by atoms with E-state index in [0.717, 1.165) is 0 Å². The monoisotopic (exact) mass is 252 g/mol. The maximum absolute atomic E-state index is 11.1. The SMILES string of the molecule is NC(=O)NC(=O)COc1cccc(CC(=O)O)c1. The lowest BCUT2D eigenvalue weighted by atomic mass is 10.1. The molecule has 0 aromatic heterocycles. The molecule has 18 heavy (non-hydrogen) atoms. The van der Waals surface area contributed by atoms with Crippen LogP contribution >= 0.6 is 0 Å². The number of nitrogens with two attached hydrogens (primary N) is 1. The molecule has 0 aliphatic carbocycles. The zero-order chi connectivity index (χ0) is 13.5. The van der Waals surface area contributed by atoms with E-state index in [2.05, 4.69) is 0 Å². The van der Waals surface area contributed by atoms with Crippen molar-refractivity contribution < 1.29 is 24.2 Å². The summed E-state index contributed by atoms with van der Waals surface area (Å²) in [5.41, 5.74) is 5.30. The van der Waals surface area contributed by atoms with Crippen LogP contribution in [0.25, 0.3) is 0 Å². The van der Waals surface area contributed by atoms with Crippen molar-refractivity contribution in [2.45, 2.75) is 6.42 Å². The first kappa shape index (κ1) is 13.5. The average molecular weight is 252 g/mol. The average Bonchev–Trinajstić information content (AvgIpc) is 2.25. The Bertz CT molecular complexity index is 472. The molecule has 7 heteroatoms. The van der Waals surface area contributed by atoms with Gasteiger partial charge in [0, 0.05) is 0 Å². The van der Waals surface area contributed by atoms with Crippen molar-refractivity contribution in [1.82, 2.24) is 5.32 Å². The zero-order valence-electron chi connectivity index (χ0n) is 9.38. The standard InChI is InChI=1S/C11H12N2O5/c12-11(17)13-9(14)6-18-8-3-1-2-7(4-8)5-10(15)16/h1-4H,5-6H2,(H,15,16)(H3,12,13,14,17). The topological polar surface area (TPSA) is 119 Å². The second kappa shape index (κ2) is 6.24. The van der Waals surface area contributed by atoms with Crippen molar-refractivity contribution in [3.63, 3.8) is 0 Å². The van der Waals surface area contributed by atoms with Gasteiger partial charge >= 0.3 is 12.0 Å². The molecular weight excluding hydrogens is 240 g/mol. The minimum Gasteiger partial charge on any atom is -0.484 e. The molecule has 0 fully saturated rings. The molecular formula is C11H12N2O5. The molecule has 0 saturated carbocycles. The van der Waals surface area contributed by atoms with Crippen LogP contribution in [-0.2, 0) is 16.0 Å². The molecule has 0 spiro atoms. The number of urea groups is 1. The molecule has 1 aromatic carbocycles. The van der Waals surface area contributed by atoms with E-state index < -0.39 is 17.9 Å². The van der Waals surface area contributed by atoms with E-state index >= 15 is 0 Å². The van der Waals surface area contributed by atoms with Gasteiger partial charge in [-0.05, 0) is 17.7 Å². The van der Waals surface area contributed by atoms with Crippen LogP contribution in [0, 0.1) is 0 Å². The third-order valence-electron chi connectivity index (χ3n) is 1.89. The number of primary amides is 1. The van der Waals surface area contributed by atoms with E-state index in [-0.39, 0.29) is 13.0 Å². The zero-order valence-corrected chi connectivity index (χ0v) is 9.38. The minimum absolute atomic E-state index is 0.134. The predicted octanol–water partition coefficient (Wildman–Crippen LogP) is -0.113. The van der Waals surface area contributed by atoms with Crippen molar-refractivity contribution >= 4 is 17.9 Å². The Hall–Kier alpha value is -2.57. The number of rotatable bonds is 5. The van der Waals surface area contributed by atoms with Crippen LogP contribution in [0.3, 0.4) is 0 Å². The van der Waals surface area contributed by atoms with E-state index in [1.807, 2.05) is 5.32 Å². The normalized spacial score (nSPS) is 9.56. The van der Waals surface area contributed by atoms with Crippen LogP contribution < -0.4 is 15.8 Å². The number of benzene rings is 1. The highest BCUT2D eigenvalue weighted by Gasteiger charge is 2.06. The first-order chi connectivity index (χ1) is 8.47. The molecule has 0 bridgehead atoms. The molecule has 4 N–H and O–H groups in total. The van der Waals surface area contributed by atoms with Crippen LogP contribution in [0.1, 0.15) is 5.56 Å². The highest BCUT2D eigenvalue weighted by Crippen LogP contribution is 2.13. The van der Waals surface area contributed by atoms with Gasteiger partial charge in [0.25, 0.3) is 5.91 Å². The molecule has 0 unspecified atom stereocenters. The molecule has 3 amide bonds. The summed E-state index contributed by atoms with van der Waals surface area (Å²) < 4.78 is 5.08. The maximum atomic E-state index is 11.1. The molecule has 0 atom stereocenters. The predicted molar refractivity (Wildman–Crippen MR) is 61.0 cm³/mol. The van der Waals surface area contributed by atoms with E-state index in [4.69, 9.17) is 15.6 Å². The van der Waals surface area contributed by atoms with Gasteiger partial charge in [-0.1, -0.05) is 12.1 Å². The number of imide groups is 1. The molecule has 0 heterocycles. The van der Waals surface area contributed by atoms with Gasteiger partial charge in [-0.2, -0.15) is 0 Å². The van der Waals surface area contributed by atoms with E-state index in [1.165, 1.54) is 6.07 Å². The highest BCUT2D eigenvalue weighted by molar-refractivity contribution is 5.94. The Morgan fingerprint density at radius 1 is 1.33 bits per heavy atom. The Morgan fingerprint density at radius 3 is 2.67 bits per heavy atom. The summed E-state index contributed by atoms with van der Waals surface area (Å²) in [6.07, 6.45) is -0.134. The van der Waals surface area contributed by atoms with Crippen LogP contribution in [-0.4, -0.2) is 29.6 Å². The number of carbonyl (C=O) groups excluding carboxylic acids is 2. The van der Waals surface area contributed by atoms with Crippen LogP contribution in [0.5, 0.6) is 5.75 Å². The summed E-state index contributed by atoms with van der Waals surface area (Å²) in [6, 6.07) is 5.36. The van der Waals surface area contributed by atoms with Gasteiger partial charge < -0.3 is 15.6 Å². The summed E-state index contributed by atoms with van der Waals surface area (Å²) in [5, 5.41) is 10.5. The molecule has 7 nitrogen and oxygen atoms in total. The van der Waals surface area contributed by atoms with Crippen LogP contribution in [0.15, 0.2) is 24.3 Å². The van der Waals surface area contributed by atoms with Gasteiger partial charge in [0.1, 0.15) is 5.75 Å². The fraction of sp³-hybridized carbons (Fsp3) is 0.182. The van der Waals surface area contributed by atoms with Gasteiger partial charge in [0.2, 0.25) is 0 Å². The Morgan fingerprint density at radius 2 is 2.06 bits per heavy atom. The van der Waals surface area contributed by atoms with Gasteiger partial charge in [-0.15, -0.1) is 0 Å². The van der Waals surface area contributed by atoms with Crippen molar-refractivity contribution in [3.8, 4) is 5.75 Å². The van der Waals surface area contributed by atoms with Gasteiger partial charge in [-0.3, -0.25) is 14.9 Å². The Kier molecular flexibility index (Phi) is 4.67. The number of amides is 3. The van der Waals surface area contributed by atoms with E-state index in [9.17, 15) is 14.4 Å². The second-order valence-electron chi connectivity index (χ2n) is 3.42. The quantitative estimate of drug-likeness (QED) is 0.675. The summed E-state index contributed by atoms with van der Waals surface area (Å²) in [4.78, 5) is 31.9. The highest BCUT2D eigenvalue weighted by atomic mass is 16.5. The fourth-order valence-corrected chi connectivity index (χ4v) is 1.24. The number of ether oxygens (including phenoxy) is 1. The number of aliphatic carboxylic acids is 1. The number of carboxylic acid groups (broad SMARTS) is 1. The van der Waals surface area contributed by atoms with Gasteiger partial charge in [-0.25, -0.2) is 4.79 Å². The van der Waals surface area contributed by atoms with Crippen LogP contribution in [0.4, 0.5) is 4.79 Å². The number of hydrogen-bond acceptors (Lipinski definition) is 4. The first-order valence-electron chi connectivity index (χ1n) is 5.00. The van der Waals surface area contributed by atoms with Crippen molar-refractivity contribution in [2.24, 2.45) is 5.73 Å². The molecule has 96 valence electrons. The molecule has 1 rings (SSSR count). The fourth-order valence-electron chi connectivity index (χ4n) is 1.24. The molecule has 0 aliphatic rings. The number of hydrogen-bond donors (Lipinski definition) is 3. The number of nitrogens with one attached hydrogen (secondary N) is 1. The third kappa shape index (κ3) is 4.97. The summed E-state index contributed by atoms with van der Waals surface area (Å²) in [7, 11) is 0. The molecule has 1 aromatic rings. The Balaban J connectivity index is 2.54. The second-order valence-corrected chi connectivity index (χ2v) is 3.42.